The number of ether oxygens (including phenoxy) is 2. The highest BCUT2D eigenvalue weighted by Gasteiger charge is 2.33. The van der Waals surface area contributed by atoms with E-state index in [1.54, 1.807) is 36.4 Å². The van der Waals surface area contributed by atoms with Crippen molar-refractivity contribution in [2.75, 3.05) is 7.11 Å². The molecule has 1 fully saturated rings. The molecule has 3 amide bonds. The number of hydrogen-bond acceptors (Lipinski definition) is 5. The van der Waals surface area contributed by atoms with Gasteiger partial charge in [-0.3, -0.25) is 9.69 Å². The smallest absolute Gasteiger partial charge is 0.344 e. The van der Waals surface area contributed by atoms with Crippen molar-refractivity contribution >= 4 is 35.6 Å². The number of nitrogens with zero attached hydrogens (tertiary/aromatic N) is 1. The van der Waals surface area contributed by atoms with E-state index in [0.29, 0.717) is 16.3 Å². The number of carbonyl (C=O) groups is 3. The van der Waals surface area contributed by atoms with Crippen molar-refractivity contribution in [3.63, 3.8) is 0 Å². The predicted molar refractivity (Wildman–Crippen MR) is 109 cm³/mol. The molecular weight excluding hydrogens is 412 g/mol. The number of carboxylic acids is 1. The van der Waals surface area contributed by atoms with Gasteiger partial charge in [0.2, 0.25) is 0 Å². The average Bonchev–Trinajstić information content (AvgIpc) is 2.97. The summed E-state index contributed by atoms with van der Waals surface area (Å²) in [6.07, 6.45) is 0.454. The highest BCUT2D eigenvalue weighted by molar-refractivity contribution is 6.30. The Kier molecular flexibility index (Phi) is 6.27. The Hall–Kier alpha value is -3.52. The number of rotatable bonds is 7. The molecule has 0 bridgehead atoms. The summed E-state index contributed by atoms with van der Waals surface area (Å²) in [7, 11) is 1.42. The van der Waals surface area contributed by atoms with Gasteiger partial charge in [0.25, 0.3) is 5.91 Å². The second kappa shape index (κ2) is 8.87. The minimum absolute atomic E-state index is 0.113. The summed E-state index contributed by atoms with van der Waals surface area (Å²) >= 11 is 5.86. The lowest BCUT2D eigenvalue weighted by Crippen LogP contribution is -2.30. The lowest BCUT2D eigenvalue weighted by Gasteiger charge is -2.14. The minimum Gasteiger partial charge on any atom is -0.493 e. The van der Waals surface area contributed by atoms with E-state index in [1.807, 2.05) is 0 Å². The van der Waals surface area contributed by atoms with E-state index < -0.39 is 24.0 Å². The van der Waals surface area contributed by atoms with Crippen molar-refractivity contribution in [2.45, 2.75) is 19.6 Å². The molecule has 8 nitrogen and oxygen atoms in total. The lowest BCUT2D eigenvalue weighted by atomic mass is 10.1. The van der Waals surface area contributed by atoms with E-state index in [9.17, 15) is 14.4 Å². The Bertz CT molecular complexity index is 1020. The Morgan fingerprint density at radius 2 is 1.90 bits per heavy atom. The van der Waals surface area contributed by atoms with Gasteiger partial charge in [-0.15, -0.1) is 0 Å². The molecule has 9 heteroatoms. The van der Waals surface area contributed by atoms with Gasteiger partial charge in [-0.25, -0.2) is 9.59 Å². The molecule has 1 aliphatic rings. The van der Waals surface area contributed by atoms with Crippen molar-refractivity contribution in [2.24, 2.45) is 0 Å². The van der Waals surface area contributed by atoms with Crippen LogP contribution < -0.4 is 14.8 Å². The van der Waals surface area contributed by atoms with E-state index in [0.717, 1.165) is 10.5 Å². The number of nitrogens with one attached hydrogen (secondary N) is 1. The highest BCUT2D eigenvalue weighted by atomic mass is 35.5. The van der Waals surface area contributed by atoms with E-state index in [4.69, 9.17) is 26.2 Å². The molecule has 2 aromatic rings. The molecule has 156 valence electrons. The van der Waals surface area contributed by atoms with Gasteiger partial charge in [-0.1, -0.05) is 29.8 Å². The zero-order chi connectivity index (χ0) is 21.8. The highest BCUT2D eigenvalue weighted by Crippen LogP contribution is 2.30. The molecule has 3 rings (SSSR count). The molecule has 1 saturated heterocycles. The molecule has 0 aliphatic carbocycles. The molecule has 0 radical (unpaired) electrons. The first kappa shape index (κ1) is 21.2. The van der Waals surface area contributed by atoms with Crippen molar-refractivity contribution in [1.29, 1.82) is 0 Å². The Morgan fingerprint density at radius 1 is 1.20 bits per heavy atom. The number of hydrogen-bond donors (Lipinski definition) is 2. The van der Waals surface area contributed by atoms with Crippen LogP contribution in [-0.4, -0.2) is 41.1 Å². The van der Waals surface area contributed by atoms with Crippen LogP contribution in [0.3, 0.4) is 0 Å². The molecule has 0 spiro atoms. The summed E-state index contributed by atoms with van der Waals surface area (Å²) in [5.41, 5.74) is 1.45. The van der Waals surface area contributed by atoms with Gasteiger partial charge < -0.3 is 19.9 Å². The first-order valence-corrected chi connectivity index (χ1v) is 9.32. The third kappa shape index (κ3) is 4.72. The summed E-state index contributed by atoms with van der Waals surface area (Å²) in [4.78, 5) is 37.0. The Morgan fingerprint density at radius 3 is 2.53 bits per heavy atom. The summed E-state index contributed by atoms with van der Waals surface area (Å²) < 4.78 is 10.6. The molecule has 0 aromatic heterocycles. The van der Waals surface area contributed by atoms with Crippen LogP contribution in [0, 0.1) is 0 Å². The van der Waals surface area contributed by atoms with Crippen LogP contribution in [0.4, 0.5) is 4.79 Å². The molecule has 1 aliphatic heterocycles. The Labute approximate surface area is 177 Å². The zero-order valence-electron chi connectivity index (χ0n) is 16.2. The quantitative estimate of drug-likeness (QED) is 0.516. The maximum atomic E-state index is 12.7. The number of benzene rings is 2. The van der Waals surface area contributed by atoms with E-state index in [1.165, 1.54) is 26.2 Å². The van der Waals surface area contributed by atoms with Crippen LogP contribution in [0.15, 0.2) is 48.2 Å². The van der Waals surface area contributed by atoms with Crippen LogP contribution in [0.25, 0.3) is 6.08 Å². The molecule has 30 heavy (non-hydrogen) atoms. The molecular formula is C21H19ClN2O6. The summed E-state index contributed by atoms with van der Waals surface area (Å²) in [5, 5.41) is 12.1. The van der Waals surface area contributed by atoms with Crippen LogP contribution in [0.1, 0.15) is 18.1 Å². The van der Waals surface area contributed by atoms with Gasteiger partial charge in [-0.2, -0.15) is 0 Å². The fourth-order valence-corrected chi connectivity index (χ4v) is 2.89. The minimum atomic E-state index is -1.11. The average molecular weight is 431 g/mol. The number of urea groups is 1. The number of carbonyl (C=O) groups excluding carboxylic acids is 2. The lowest BCUT2D eigenvalue weighted by molar-refractivity contribution is -0.144. The predicted octanol–water partition coefficient (Wildman–Crippen LogP) is 3.29. The van der Waals surface area contributed by atoms with Gasteiger partial charge in [0.15, 0.2) is 17.6 Å². The van der Waals surface area contributed by atoms with Crippen LogP contribution in [0.5, 0.6) is 11.5 Å². The van der Waals surface area contributed by atoms with Gasteiger partial charge in [0.1, 0.15) is 5.70 Å². The summed E-state index contributed by atoms with van der Waals surface area (Å²) in [6.45, 7) is 1.52. The fraction of sp³-hybridized carbons (Fsp3) is 0.190. The second-order valence-corrected chi connectivity index (χ2v) is 6.95. The van der Waals surface area contributed by atoms with Gasteiger partial charge in [-0.05, 0) is 48.4 Å². The zero-order valence-corrected chi connectivity index (χ0v) is 17.0. The fourth-order valence-electron chi connectivity index (χ4n) is 2.77. The van der Waals surface area contributed by atoms with E-state index in [-0.39, 0.29) is 18.0 Å². The maximum absolute atomic E-state index is 12.7. The molecule has 0 unspecified atom stereocenters. The van der Waals surface area contributed by atoms with Crippen LogP contribution in [0.2, 0.25) is 5.02 Å². The third-order valence-corrected chi connectivity index (χ3v) is 4.62. The van der Waals surface area contributed by atoms with Crippen LogP contribution >= 0.6 is 11.6 Å². The van der Waals surface area contributed by atoms with Gasteiger partial charge in [0, 0.05) is 5.02 Å². The standard InChI is InChI=1S/C21H19ClN2O6/c1-12(20(26)27)30-17-8-5-14(10-18(17)29-2)9-16-19(25)24(21(28)23-16)11-13-3-6-15(22)7-4-13/h3-10,12H,11H2,1-2H3,(H,23,28)(H,26,27)/b16-9-/t12-/m1/s1. The molecule has 2 aromatic carbocycles. The number of carboxylic acid groups (broad SMARTS) is 1. The maximum Gasteiger partial charge on any atom is 0.344 e. The summed E-state index contributed by atoms with van der Waals surface area (Å²) in [5.74, 6) is -1.02. The molecule has 2 N–H and O–H groups in total. The van der Waals surface area contributed by atoms with Gasteiger partial charge >= 0.3 is 12.0 Å². The van der Waals surface area contributed by atoms with Crippen molar-refractivity contribution in [3.05, 3.63) is 64.3 Å². The SMILES string of the molecule is COc1cc(/C=C2\NC(=O)N(Cc3ccc(Cl)cc3)C2=O)ccc1O[C@H](C)C(=O)O. The summed E-state index contributed by atoms with van der Waals surface area (Å²) in [6, 6.07) is 11.1. The second-order valence-electron chi connectivity index (χ2n) is 6.51. The van der Waals surface area contributed by atoms with Crippen molar-refractivity contribution in [1.82, 2.24) is 10.2 Å². The van der Waals surface area contributed by atoms with E-state index in [2.05, 4.69) is 5.32 Å². The monoisotopic (exact) mass is 430 g/mol. The van der Waals surface area contributed by atoms with E-state index >= 15 is 0 Å². The first-order valence-electron chi connectivity index (χ1n) is 8.95. The molecule has 0 saturated carbocycles. The van der Waals surface area contributed by atoms with Crippen molar-refractivity contribution < 1.29 is 29.0 Å². The first-order chi connectivity index (χ1) is 14.3. The van der Waals surface area contributed by atoms with Gasteiger partial charge in [0.05, 0.1) is 13.7 Å². The number of amides is 3. The molecule has 1 atom stereocenters. The Balaban J connectivity index is 1.79. The number of imide groups is 1. The van der Waals surface area contributed by atoms with Crippen molar-refractivity contribution in [3.8, 4) is 11.5 Å². The molecule has 1 heterocycles. The third-order valence-electron chi connectivity index (χ3n) is 4.37. The van der Waals surface area contributed by atoms with Crippen LogP contribution in [-0.2, 0) is 16.1 Å². The number of aliphatic carboxylic acids is 1. The topological polar surface area (TPSA) is 105 Å². The normalized spacial score (nSPS) is 15.8. The number of halogens is 1. The largest absolute Gasteiger partial charge is 0.493 e. The number of methoxy groups -OCH3 is 1.